The average Bonchev–Trinajstić information content (AvgIpc) is 3.76. The Hall–Kier alpha value is -4.07. The van der Waals surface area contributed by atoms with Gasteiger partial charge < -0.3 is 9.64 Å². The molecule has 4 aromatic rings. The van der Waals surface area contributed by atoms with Gasteiger partial charge in [0.25, 0.3) is 5.91 Å². The molecule has 2 fully saturated rings. The number of hydrogen-bond acceptors (Lipinski definition) is 6. The summed E-state index contributed by atoms with van der Waals surface area (Å²) in [4.78, 5) is 38.2. The van der Waals surface area contributed by atoms with Gasteiger partial charge in [0.2, 0.25) is 0 Å². The molecular weight excluding hydrogens is 466 g/mol. The number of aryl methyl sites for hydroxylation is 1. The molecule has 1 aliphatic heterocycles. The summed E-state index contributed by atoms with van der Waals surface area (Å²) in [5.41, 5.74) is 3.70. The molecule has 1 saturated heterocycles. The number of hydrogen-bond donors (Lipinski definition) is 0. The number of carbonyl (C=O) groups is 2. The second-order valence-corrected chi connectivity index (χ2v) is 9.91. The molecule has 6 rings (SSSR count). The Morgan fingerprint density at radius 1 is 1.00 bits per heavy atom. The van der Waals surface area contributed by atoms with E-state index in [2.05, 4.69) is 4.98 Å². The summed E-state index contributed by atoms with van der Waals surface area (Å²) in [5, 5.41) is 5.49. The average molecular weight is 496 g/mol. The van der Waals surface area contributed by atoms with E-state index in [1.807, 2.05) is 60.4 Å². The van der Waals surface area contributed by atoms with Crippen LogP contribution in [0.1, 0.15) is 63.7 Å². The number of aromatic nitrogens is 4. The Balaban J connectivity index is 1.27. The fourth-order valence-electron chi connectivity index (χ4n) is 5.21. The highest BCUT2D eigenvalue weighted by Crippen LogP contribution is 2.41. The van der Waals surface area contributed by atoms with Gasteiger partial charge in [-0.15, -0.1) is 0 Å². The van der Waals surface area contributed by atoms with Crippen LogP contribution in [-0.4, -0.2) is 56.5 Å². The maximum atomic E-state index is 13.9. The number of rotatable bonds is 6. The summed E-state index contributed by atoms with van der Waals surface area (Å²) in [7, 11) is 1.61. The summed E-state index contributed by atoms with van der Waals surface area (Å²) in [6.07, 6.45) is 5.19. The first kappa shape index (κ1) is 23.3. The summed E-state index contributed by atoms with van der Waals surface area (Å²) in [6, 6.07) is 14.9. The van der Waals surface area contributed by atoms with Gasteiger partial charge in [-0.3, -0.25) is 9.59 Å². The molecule has 1 saturated carbocycles. The highest BCUT2D eigenvalue weighted by Gasteiger charge is 2.33. The summed E-state index contributed by atoms with van der Waals surface area (Å²) in [5.74, 6) is 1.81. The van der Waals surface area contributed by atoms with Gasteiger partial charge in [0.1, 0.15) is 5.75 Å². The summed E-state index contributed by atoms with van der Waals surface area (Å²) >= 11 is 0. The van der Waals surface area contributed by atoms with E-state index >= 15 is 0 Å². The molecule has 1 amide bonds. The van der Waals surface area contributed by atoms with Crippen LogP contribution in [0.4, 0.5) is 0 Å². The number of benzene rings is 1. The maximum Gasteiger partial charge on any atom is 0.254 e. The van der Waals surface area contributed by atoms with Gasteiger partial charge in [-0.25, -0.2) is 9.97 Å². The SMILES string of the molecule is COc1ccc(C(=O)C2CCN(C(=O)c3cc(C4CC4)nc4c3c(C)nn4-c3ccccn3)CC2)cc1. The Labute approximate surface area is 215 Å². The predicted octanol–water partition coefficient (Wildman–Crippen LogP) is 4.75. The maximum absolute atomic E-state index is 13.9. The van der Waals surface area contributed by atoms with Gasteiger partial charge in [0.05, 0.1) is 23.8 Å². The molecule has 1 aliphatic carbocycles. The smallest absolute Gasteiger partial charge is 0.254 e. The molecule has 0 bridgehead atoms. The monoisotopic (exact) mass is 495 g/mol. The lowest BCUT2D eigenvalue weighted by Gasteiger charge is -2.31. The lowest BCUT2D eigenvalue weighted by atomic mass is 9.88. The van der Waals surface area contributed by atoms with Gasteiger partial charge in [-0.2, -0.15) is 9.78 Å². The van der Waals surface area contributed by atoms with E-state index in [0.29, 0.717) is 54.4 Å². The first-order chi connectivity index (χ1) is 18.0. The van der Waals surface area contributed by atoms with Crippen molar-refractivity contribution in [3.05, 3.63) is 77.2 Å². The van der Waals surface area contributed by atoms with Crippen molar-refractivity contribution in [3.8, 4) is 11.6 Å². The molecule has 8 heteroatoms. The number of methoxy groups -OCH3 is 1. The zero-order chi connectivity index (χ0) is 25.5. The van der Waals surface area contributed by atoms with E-state index < -0.39 is 0 Å². The highest BCUT2D eigenvalue weighted by atomic mass is 16.5. The molecule has 0 unspecified atom stereocenters. The van der Waals surface area contributed by atoms with Crippen LogP contribution in [0.15, 0.2) is 54.7 Å². The zero-order valence-electron chi connectivity index (χ0n) is 21.1. The van der Waals surface area contributed by atoms with E-state index in [9.17, 15) is 9.59 Å². The molecule has 0 radical (unpaired) electrons. The molecule has 37 heavy (non-hydrogen) atoms. The number of fused-ring (bicyclic) bond motifs is 1. The number of amides is 1. The number of nitrogens with zero attached hydrogens (tertiary/aromatic N) is 5. The Morgan fingerprint density at radius 2 is 1.76 bits per heavy atom. The number of Topliss-reactive ketones (excluding diaryl/α,β-unsaturated/α-hetero) is 1. The number of ether oxygens (including phenoxy) is 1. The van der Waals surface area contributed by atoms with Crippen LogP contribution in [0.25, 0.3) is 16.9 Å². The van der Waals surface area contributed by atoms with Crippen LogP contribution in [-0.2, 0) is 0 Å². The largest absolute Gasteiger partial charge is 0.497 e. The minimum atomic E-state index is -0.0921. The lowest BCUT2D eigenvalue weighted by molar-refractivity contribution is 0.0651. The van der Waals surface area contributed by atoms with Gasteiger partial charge >= 0.3 is 0 Å². The number of piperidine rings is 1. The minimum absolute atomic E-state index is 0.0201. The van der Waals surface area contributed by atoms with Crippen LogP contribution in [0, 0.1) is 12.8 Å². The van der Waals surface area contributed by atoms with E-state index in [4.69, 9.17) is 14.8 Å². The first-order valence-corrected chi connectivity index (χ1v) is 12.8. The third kappa shape index (κ3) is 4.37. The molecule has 0 atom stereocenters. The van der Waals surface area contributed by atoms with E-state index in [-0.39, 0.29) is 17.6 Å². The van der Waals surface area contributed by atoms with Crippen LogP contribution in [0.2, 0.25) is 0 Å². The third-order valence-electron chi connectivity index (χ3n) is 7.45. The molecule has 2 aliphatic rings. The van der Waals surface area contributed by atoms with Gasteiger partial charge in [-0.1, -0.05) is 6.07 Å². The van der Waals surface area contributed by atoms with Crippen LogP contribution in [0.5, 0.6) is 5.75 Å². The van der Waals surface area contributed by atoms with Crippen molar-refractivity contribution < 1.29 is 14.3 Å². The predicted molar refractivity (Wildman–Crippen MR) is 139 cm³/mol. The summed E-state index contributed by atoms with van der Waals surface area (Å²) < 4.78 is 6.94. The standard InChI is InChI=1S/C29H29N5O3/c1-18-26-23(17-24(19-6-7-19)31-28(26)34(32-18)25-5-3-4-14-30-25)29(36)33-15-12-21(13-16-33)27(35)20-8-10-22(37-2)11-9-20/h3-5,8-11,14,17,19,21H,6-7,12-13,15-16H2,1-2H3. The van der Waals surface area contributed by atoms with Crippen molar-refractivity contribution >= 4 is 22.7 Å². The van der Waals surface area contributed by atoms with Gasteiger partial charge in [-0.05, 0) is 75.1 Å². The number of ketones is 1. The normalized spacial score (nSPS) is 16.2. The lowest BCUT2D eigenvalue weighted by Crippen LogP contribution is -2.40. The molecular formula is C29H29N5O3. The van der Waals surface area contributed by atoms with Crippen molar-refractivity contribution in [1.82, 2.24) is 24.6 Å². The van der Waals surface area contributed by atoms with E-state index in [1.54, 1.807) is 18.0 Å². The summed E-state index contributed by atoms with van der Waals surface area (Å²) in [6.45, 7) is 3.00. The quantitative estimate of drug-likeness (QED) is 0.359. The number of likely N-dealkylation sites (tertiary alicyclic amines) is 1. The van der Waals surface area contributed by atoms with E-state index in [1.165, 1.54) is 0 Å². The molecule has 0 N–H and O–H groups in total. The van der Waals surface area contributed by atoms with Crippen molar-refractivity contribution in [2.24, 2.45) is 5.92 Å². The first-order valence-electron chi connectivity index (χ1n) is 12.8. The molecule has 188 valence electrons. The van der Waals surface area contributed by atoms with E-state index in [0.717, 1.165) is 35.4 Å². The minimum Gasteiger partial charge on any atom is -0.497 e. The van der Waals surface area contributed by atoms with Crippen LogP contribution in [0.3, 0.4) is 0 Å². The van der Waals surface area contributed by atoms with Crippen LogP contribution < -0.4 is 4.74 Å². The Morgan fingerprint density at radius 3 is 2.41 bits per heavy atom. The third-order valence-corrected chi connectivity index (χ3v) is 7.45. The fourth-order valence-corrected chi connectivity index (χ4v) is 5.21. The number of pyridine rings is 2. The zero-order valence-corrected chi connectivity index (χ0v) is 21.1. The second-order valence-electron chi connectivity index (χ2n) is 9.91. The van der Waals surface area contributed by atoms with Gasteiger partial charge in [0.15, 0.2) is 17.2 Å². The topological polar surface area (TPSA) is 90.2 Å². The molecule has 1 aromatic carbocycles. The molecule has 8 nitrogen and oxygen atoms in total. The Bertz CT molecular complexity index is 1470. The Kier molecular flexibility index (Phi) is 5.94. The van der Waals surface area contributed by atoms with Gasteiger partial charge in [0, 0.05) is 42.4 Å². The molecule has 4 heterocycles. The fraction of sp³-hybridized carbons (Fsp3) is 0.345. The van der Waals surface area contributed by atoms with Crippen LogP contribution >= 0.6 is 0 Å². The molecule has 3 aromatic heterocycles. The van der Waals surface area contributed by atoms with Crippen molar-refractivity contribution in [2.45, 2.75) is 38.5 Å². The van der Waals surface area contributed by atoms with Crippen molar-refractivity contribution in [2.75, 3.05) is 20.2 Å². The van der Waals surface area contributed by atoms with Crippen molar-refractivity contribution in [3.63, 3.8) is 0 Å². The highest BCUT2D eigenvalue weighted by molar-refractivity contribution is 6.07. The second kappa shape index (κ2) is 9.42. The number of carbonyl (C=O) groups excluding carboxylic acids is 2. The molecule has 0 spiro atoms. The van der Waals surface area contributed by atoms with Crippen molar-refractivity contribution in [1.29, 1.82) is 0 Å².